The predicted molar refractivity (Wildman–Crippen MR) is 106 cm³/mol. The molecule has 1 N–H and O–H groups in total. The lowest BCUT2D eigenvalue weighted by Crippen LogP contribution is -2.27. The zero-order valence-corrected chi connectivity index (χ0v) is 16.9. The third-order valence-electron chi connectivity index (χ3n) is 4.35. The van der Waals surface area contributed by atoms with E-state index in [1.807, 2.05) is 0 Å². The van der Waals surface area contributed by atoms with Crippen LogP contribution in [0.25, 0.3) is 11.5 Å². The lowest BCUT2D eigenvalue weighted by molar-refractivity contribution is 0.0945. The quantitative estimate of drug-likeness (QED) is 0.633. The maximum absolute atomic E-state index is 12.7. The van der Waals surface area contributed by atoms with Gasteiger partial charge in [-0.2, -0.15) is 10.2 Å². The SMILES string of the molecule is COc1cc(C(C#N)NC(=O)c2ccc(-c3nc(C)no3)cc2)cc(OC)c1OC. The second-order valence-corrected chi connectivity index (χ2v) is 6.22. The normalized spacial score (nSPS) is 11.3. The molecule has 9 heteroatoms. The van der Waals surface area contributed by atoms with Crippen LogP contribution in [0.5, 0.6) is 17.2 Å². The molecule has 30 heavy (non-hydrogen) atoms. The summed E-state index contributed by atoms with van der Waals surface area (Å²) in [7, 11) is 4.45. The van der Waals surface area contributed by atoms with Gasteiger partial charge in [0.1, 0.15) is 6.04 Å². The zero-order chi connectivity index (χ0) is 21.7. The van der Waals surface area contributed by atoms with E-state index in [0.717, 1.165) is 0 Å². The molecule has 1 atom stereocenters. The first-order chi connectivity index (χ1) is 14.5. The number of hydrogen-bond acceptors (Lipinski definition) is 8. The number of carbonyl (C=O) groups excluding carboxylic acids is 1. The summed E-state index contributed by atoms with van der Waals surface area (Å²) in [6, 6.07) is 11.0. The number of methoxy groups -OCH3 is 3. The molecule has 0 fully saturated rings. The first-order valence-corrected chi connectivity index (χ1v) is 8.91. The van der Waals surface area contributed by atoms with E-state index in [0.29, 0.717) is 45.7 Å². The van der Waals surface area contributed by atoms with Gasteiger partial charge in [-0.3, -0.25) is 4.79 Å². The van der Waals surface area contributed by atoms with E-state index in [-0.39, 0.29) is 0 Å². The van der Waals surface area contributed by atoms with Gasteiger partial charge in [-0.05, 0) is 48.9 Å². The van der Waals surface area contributed by atoms with Crippen molar-refractivity contribution in [1.82, 2.24) is 15.5 Å². The highest BCUT2D eigenvalue weighted by atomic mass is 16.5. The third kappa shape index (κ3) is 4.17. The molecule has 1 heterocycles. The Morgan fingerprint density at radius 1 is 1.10 bits per heavy atom. The Labute approximate surface area is 173 Å². The Kier molecular flexibility index (Phi) is 6.17. The molecule has 0 bridgehead atoms. The van der Waals surface area contributed by atoms with Crippen molar-refractivity contribution in [3.05, 3.63) is 53.3 Å². The summed E-state index contributed by atoms with van der Waals surface area (Å²) < 4.78 is 21.0. The molecule has 0 radical (unpaired) electrons. The smallest absolute Gasteiger partial charge is 0.257 e. The summed E-state index contributed by atoms with van der Waals surface area (Å²) in [5, 5.41) is 16.1. The maximum Gasteiger partial charge on any atom is 0.257 e. The molecule has 0 aliphatic carbocycles. The molecule has 1 unspecified atom stereocenters. The second-order valence-electron chi connectivity index (χ2n) is 6.22. The number of nitrogens with one attached hydrogen (secondary N) is 1. The fourth-order valence-corrected chi connectivity index (χ4v) is 2.85. The van der Waals surface area contributed by atoms with Crippen LogP contribution in [-0.2, 0) is 0 Å². The highest BCUT2D eigenvalue weighted by molar-refractivity contribution is 5.95. The van der Waals surface area contributed by atoms with Crippen LogP contribution in [0.1, 0.15) is 27.8 Å². The summed E-state index contributed by atoms with van der Waals surface area (Å²) >= 11 is 0. The van der Waals surface area contributed by atoms with Crippen LogP contribution >= 0.6 is 0 Å². The Morgan fingerprint density at radius 2 is 1.73 bits per heavy atom. The highest BCUT2D eigenvalue weighted by Gasteiger charge is 2.21. The minimum atomic E-state index is -0.926. The van der Waals surface area contributed by atoms with Crippen LogP contribution in [0.3, 0.4) is 0 Å². The summed E-state index contributed by atoms with van der Waals surface area (Å²) in [5.74, 6) is 1.66. The first-order valence-electron chi connectivity index (χ1n) is 8.91. The number of carbonyl (C=O) groups is 1. The van der Waals surface area contributed by atoms with Crippen LogP contribution in [0.2, 0.25) is 0 Å². The van der Waals surface area contributed by atoms with Crippen LogP contribution in [0, 0.1) is 18.3 Å². The van der Waals surface area contributed by atoms with E-state index < -0.39 is 11.9 Å². The number of benzene rings is 2. The second kappa shape index (κ2) is 8.96. The fourth-order valence-electron chi connectivity index (χ4n) is 2.85. The van der Waals surface area contributed by atoms with Crippen molar-refractivity contribution >= 4 is 5.91 Å². The standard InChI is InChI=1S/C21H20N4O5/c1-12-23-21(30-25-12)14-7-5-13(6-8-14)20(26)24-16(11-22)15-9-17(27-2)19(29-4)18(10-15)28-3/h5-10,16H,1-4H3,(H,24,26). The van der Waals surface area contributed by atoms with Gasteiger partial charge in [0.2, 0.25) is 5.75 Å². The number of hydrogen-bond donors (Lipinski definition) is 1. The van der Waals surface area contributed by atoms with Gasteiger partial charge in [-0.25, -0.2) is 0 Å². The number of rotatable bonds is 7. The topological polar surface area (TPSA) is 120 Å². The molecule has 9 nitrogen and oxygen atoms in total. The molecule has 1 amide bonds. The minimum absolute atomic E-state index is 0.367. The largest absolute Gasteiger partial charge is 0.493 e. The average molecular weight is 408 g/mol. The van der Waals surface area contributed by atoms with Crippen LogP contribution in [0.4, 0.5) is 0 Å². The van der Waals surface area contributed by atoms with E-state index in [2.05, 4.69) is 21.5 Å². The van der Waals surface area contributed by atoms with Gasteiger partial charge in [0.05, 0.1) is 27.4 Å². The lowest BCUT2D eigenvalue weighted by atomic mass is 10.1. The number of ether oxygens (including phenoxy) is 3. The summed E-state index contributed by atoms with van der Waals surface area (Å²) in [6.07, 6.45) is 0. The summed E-state index contributed by atoms with van der Waals surface area (Å²) in [5.41, 5.74) is 1.56. The fraction of sp³-hybridized carbons (Fsp3) is 0.238. The minimum Gasteiger partial charge on any atom is -0.493 e. The van der Waals surface area contributed by atoms with E-state index in [1.165, 1.54) is 21.3 Å². The van der Waals surface area contributed by atoms with Crippen molar-refractivity contribution in [1.29, 1.82) is 5.26 Å². The number of nitrogens with zero attached hydrogens (tertiary/aromatic N) is 3. The third-order valence-corrected chi connectivity index (χ3v) is 4.35. The van der Waals surface area contributed by atoms with Crippen molar-refractivity contribution in [2.45, 2.75) is 13.0 Å². The summed E-state index contributed by atoms with van der Waals surface area (Å²) in [6.45, 7) is 1.72. The molecular weight excluding hydrogens is 388 g/mol. The molecular formula is C21H20N4O5. The summed E-state index contributed by atoms with van der Waals surface area (Å²) in [4.78, 5) is 16.8. The van der Waals surface area contributed by atoms with Gasteiger partial charge in [0, 0.05) is 11.1 Å². The van der Waals surface area contributed by atoms with Crippen molar-refractivity contribution in [2.24, 2.45) is 0 Å². The molecule has 0 saturated carbocycles. The molecule has 3 aromatic rings. The number of aromatic nitrogens is 2. The predicted octanol–water partition coefficient (Wildman–Crippen LogP) is 3.07. The van der Waals surface area contributed by atoms with Gasteiger partial charge < -0.3 is 24.1 Å². The van der Waals surface area contributed by atoms with Crippen LogP contribution in [0.15, 0.2) is 40.9 Å². The van der Waals surface area contributed by atoms with Gasteiger partial charge in [0.25, 0.3) is 11.8 Å². The van der Waals surface area contributed by atoms with Crippen molar-refractivity contribution in [2.75, 3.05) is 21.3 Å². The van der Waals surface area contributed by atoms with Gasteiger partial charge >= 0.3 is 0 Å². The highest BCUT2D eigenvalue weighted by Crippen LogP contribution is 2.39. The van der Waals surface area contributed by atoms with Crippen molar-refractivity contribution < 1.29 is 23.5 Å². The zero-order valence-electron chi connectivity index (χ0n) is 16.9. The van der Waals surface area contributed by atoms with Crippen molar-refractivity contribution in [3.63, 3.8) is 0 Å². The molecule has 0 spiro atoms. The number of aryl methyl sites for hydroxylation is 1. The molecule has 0 aliphatic rings. The van der Waals surface area contributed by atoms with Gasteiger partial charge in [-0.1, -0.05) is 5.16 Å². The Hall–Kier alpha value is -4.06. The molecule has 3 rings (SSSR count). The molecule has 0 saturated heterocycles. The molecule has 2 aromatic carbocycles. The van der Waals surface area contributed by atoms with E-state index in [9.17, 15) is 10.1 Å². The number of nitriles is 1. The first kappa shape index (κ1) is 20.7. The van der Waals surface area contributed by atoms with Gasteiger partial charge in [-0.15, -0.1) is 0 Å². The average Bonchev–Trinajstić information content (AvgIpc) is 3.22. The van der Waals surface area contributed by atoms with E-state index >= 15 is 0 Å². The number of amides is 1. The van der Waals surface area contributed by atoms with Gasteiger partial charge in [0.15, 0.2) is 17.3 Å². The molecule has 1 aromatic heterocycles. The van der Waals surface area contributed by atoms with Crippen LogP contribution < -0.4 is 19.5 Å². The monoisotopic (exact) mass is 408 g/mol. The van der Waals surface area contributed by atoms with Crippen molar-refractivity contribution in [3.8, 4) is 34.8 Å². The maximum atomic E-state index is 12.7. The Morgan fingerprint density at radius 3 is 2.20 bits per heavy atom. The van der Waals surface area contributed by atoms with E-state index in [1.54, 1.807) is 43.3 Å². The van der Waals surface area contributed by atoms with E-state index in [4.69, 9.17) is 18.7 Å². The lowest BCUT2D eigenvalue weighted by Gasteiger charge is -2.17. The molecule has 0 aliphatic heterocycles. The van der Waals surface area contributed by atoms with Crippen LogP contribution in [-0.4, -0.2) is 37.4 Å². The Bertz CT molecular complexity index is 1060. The Balaban J connectivity index is 1.82. The molecule has 154 valence electrons.